The van der Waals surface area contributed by atoms with Crippen molar-refractivity contribution in [3.63, 3.8) is 0 Å². The number of esters is 1. The molecule has 1 aliphatic carbocycles. The van der Waals surface area contributed by atoms with Crippen molar-refractivity contribution in [1.82, 2.24) is 10.2 Å². The molecule has 3 rings (SSSR count). The standard InChI is InChI=1S/C17H20N2O5S/c20-14(18-8-11-4-3-7-25-11)10-24-15(21)9-19-16(22)12-5-1-2-6-13(12)17(19)23/h3-4,7,12-13H,1-2,5-6,8-10H2,(H,18,20). The Labute approximate surface area is 149 Å². The van der Waals surface area contributed by atoms with Crippen LogP contribution >= 0.6 is 11.3 Å². The molecule has 2 heterocycles. The fourth-order valence-corrected chi connectivity index (χ4v) is 4.00. The van der Waals surface area contributed by atoms with Crippen LogP contribution < -0.4 is 5.32 Å². The van der Waals surface area contributed by atoms with Crippen LogP contribution in [0.4, 0.5) is 0 Å². The van der Waals surface area contributed by atoms with Gasteiger partial charge in [0.1, 0.15) is 6.54 Å². The van der Waals surface area contributed by atoms with E-state index in [9.17, 15) is 19.2 Å². The van der Waals surface area contributed by atoms with Gasteiger partial charge < -0.3 is 10.1 Å². The fraction of sp³-hybridized carbons (Fsp3) is 0.529. The van der Waals surface area contributed by atoms with Gasteiger partial charge in [0.15, 0.2) is 6.61 Å². The normalized spacial score (nSPS) is 22.6. The summed E-state index contributed by atoms with van der Waals surface area (Å²) in [7, 11) is 0. The van der Waals surface area contributed by atoms with Crippen LogP contribution in [-0.4, -0.2) is 41.7 Å². The first kappa shape index (κ1) is 17.6. The Bertz CT molecular complexity index is 649. The summed E-state index contributed by atoms with van der Waals surface area (Å²) >= 11 is 1.52. The summed E-state index contributed by atoms with van der Waals surface area (Å²) in [5.74, 6) is -2.31. The molecule has 1 saturated carbocycles. The molecule has 2 unspecified atom stereocenters. The molecule has 1 saturated heterocycles. The molecule has 7 nitrogen and oxygen atoms in total. The molecule has 1 aromatic rings. The molecule has 0 spiro atoms. The first-order valence-electron chi connectivity index (χ1n) is 8.36. The quantitative estimate of drug-likeness (QED) is 0.602. The molecule has 2 aliphatic rings. The molecule has 134 valence electrons. The maximum absolute atomic E-state index is 12.3. The maximum Gasteiger partial charge on any atom is 0.326 e. The molecular weight excluding hydrogens is 344 g/mol. The second-order valence-corrected chi connectivity index (χ2v) is 7.31. The van der Waals surface area contributed by atoms with Crippen molar-refractivity contribution in [2.75, 3.05) is 13.2 Å². The van der Waals surface area contributed by atoms with Crippen molar-refractivity contribution < 1.29 is 23.9 Å². The lowest BCUT2D eigenvalue weighted by atomic mass is 9.81. The van der Waals surface area contributed by atoms with Crippen molar-refractivity contribution in [1.29, 1.82) is 0 Å². The van der Waals surface area contributed by atoms with Crippen LogP contribution in [0.25, 0.3) is 0 Å². The average molecular weight is 364 g/mol. The lowest BCUT2D eigenvalue weighted by Crippen LogP contribution is -2.38. The van der Waals surface area contributed by atoms with Gasteiger partial charge in [-0.2, -0.15) is 0 Å². The summed E-state index contributed by atoms with van der Waals surface area (Å²) in [6.07, 6.45) is 3.27. The number of likely N-dealkylation sites (tertiary alicyclic amines) is 1. The zero-order valence-corrected chi connectivity index (χ0v) is 14.5. The number of hydrogen-bond acceptors (Lipinski definition) is 6. The van der Waals surface area contributed by atoms with E-state index in [4.69, 9.17) is 4.74 Å². The van der Waals surface area contributed by atoms with E-state index >= 15 is 0 Å². The predicted molar refractivity (Wildman–Crippen MR) is 89.3 cm³/mol. The summed E-state index contributed by atoms with van der Waals surface area (Å²) in [6, 6.07) is 3.77. The topological polar surface area (TPSA) is 92.8 Å². The van der Waals surface area contributed by atoms with Crippen LogP contribution in [0.5, 0.6) is 0 Å². The van der Waals surface area contributed by atoms with E-state index in [-0.39, 0.29) is 23.7 Å². The number of ether oxygens (including phenoxy) is 1. The van der Waals surface area contributed by atoms with E-state index in [1.54, 1.807) is 0 Å². The summed E-state index contributed by atoms with van der Waals surface area (Å²) in [5.41, 5.74) is 0. The van der Waals surface area contributed by atoms with E-state index in [2.05, 4.69) is 5.32 Å². The Kier molecular flexibility index (Phi) is 5.47. The highest BCUT2D eigenvalue weighted by atomic mass is 32.1. The van der Waals surface area contributed by atoms with E-state index in [0.29, 0.717) is 19.4 Å². The molecule has 0 radical (unpaired) electrons. The van der Waals surface area contributed by atoms with Crippen LogP contribution in [0.3, 0.4) is 0 Å². The molecule has 2 fully saturated rings. The van der Waals surface area contributed by atoms with Gasteiger partial charge in [-0.15, -0.1) is 11.3 Å². The molecule has 3 amide bonds. The zero-order chi connectivity index (χ0) is 17.8. The van der Waals surface area contributed by atoms with Gasteiger partial charge in [0.25, 0.3) is 5.91 Å². The zero-order valence-electron chi connectivity index (χ0n) is 13.7. The van der Waals surface area contributed by atoms with Gasteiger partial charge in [0, 0.05) is 4.88 Å². The minimum Gasteiger partial charge on any atom is -0.454 e. The molecule has 0 bridgehead atoms. The van der Waals surface area contributed by atoms with E-state index in [0.717, 1.165) is 22.6 Å². The van der Waals surface area contributed by atoms with Gasteiger partial charge in [-0.05, 0) is 24.3 Å². The molecule has 1 aromatic heterocycles. The molecule has 0 aromatic carbocycles. The summed E-state index contributed by atoms with van der Waals surface area (Å²) in [4.78, 5) is 50.1. The summed E-state index contributed by atoms with van der Waals surface area (Å²) in [6.45, 7) is -0.462. The number of rotatable bonds is 6. The number of imide groups is 1. The molecular formula is C17H20N2O5S. The van der Waals surface area contributed by atoms with Crippen LogP contribution in [-0.2, 0) is 30.5 Å². The SMILES string of the molecule is O=C(COC(=O)CN1C(=O)C2CCCCC2C1=O)NCc1cccs1. The molecule has 1 aliphatic heterocycles. The Morgan fingerprint density at radius 2 is 1.88 bits per heavy atom. The Hall–Kier alpha value is -2.22. The first-order valence-corrected chi connectivity index (χ1v) is 9.24. The van der Waals surface area contributed by atoms with Crippen molar-refractivity contribution in [3.05, 3.63) is 22.4 Å². The highest BCUT2D eigenvalue weighted by Gasteiger charge is 2.48. The smallest absolute Gasteiger partial charge is 0.326 e. The maximum atomic E-state index is 12.3. The fourth-order valence-electron chi connectivity index (χ4n) is 3.36. The van der Waals surface area contributed by atoms with E-state index < -0.39 is 25.0 Å². The third kappa shape index (κ3) is 4.07. The first-order chi connectivity index (χ1) is 12.1. The lowest BCUT2D eigenvalue weighted by molar-refractivity contribution is -0.154. The summed E-state index contributed by atoms with van der Waals surface area (Å²) < 4.78 is 4.89. The van der Waals surface area contributed by atoms with Crippen LogP contribution in [0.2, 0.25) is 0 Å². The number of carbonyl (C=O) groups is 4. The van der Waals surface area contributed by atoms with Crippen LogP contribution in [0.1, 0.15) is 30.6 Å². The number of amides is 3. The van der Waals surface area contributed by atoms with Gasteiger partial charge in [-0.25, -0.2) is 0 Å². The van der Waals surface area contributed by atoms with Crippen LogP contribution in [0.15, 0.2) is 17.5 Å². The van der Waals surface area contributed by atoms with E-state index in [1.165, 1.54) is 11.3 Å². The number of nitrogens with zero attached hydrogens (tertiary/aromatic N) is 1. The van der Waals surface area contributed by atoms with Gasteiger partial charge in [0.05, 0.1) is 18.4 Å². The Balaban J connectivity index is 1.43. The second kappa shape index (κ2) is 7.77. The minimum absolute atomic E-state index is 0.284. The van der Waals surface area contributed by atoms with Crippen molar-refractivity contribution >= 4 is 35.0 Å². The third-order valence-corrected chi connectivity index (χ3v) is 5.50. The highest BCUT2D eigenvalue weighted by Crippen LogP contribution is 2.37. The van der Waals surface area contributed by atoms with Gasteiger partial charge in [-0.1, -0.05) is 18.9 Å². The summed E-state index contributed by atoms with van der Waals surface area (Å²) in [5, 5.41) is 4.54. The monoisotopic (exact) mass is 364 g/mol. The highest BCUT2D eigenvalue weighted by molar-refractivity contribution is 7.09. The third-order valence-electron chi connectivity index (χ3n) is 4.62. The molecule has 8 heteroatoms. The van der Waals surface area contributed by atoms with Crippen molar-refractivity contribution in [3.8, 4) is 0 Å². The molecule has 25 heavy (non-hydrogen) atoms. The lowest BCUT2D eigenvalue weighted by Gasteiger charge is -2.19. The number of fused-ring (bicyclic) bond motifs is 1. The number of carbonyl (C=O) groups excluding carboxylic acids is 4. The minimum atomic E-state index is -0.744. The van der Waals surface area contributed by atoms with Crippen molar-refractivity contribution in [2.24, 2.45) is 11.8 Å². The van der Waals surface area contributed by atoms with Gasteiger partial charge in [-0.3, -0.25) is 24.1 Å². The van der Waals surface area contributed by atoms with Gasteiger partial charge >= 0.3 is 5.97 Å². The average Bonchev–Trinajstić information content (AvgIpc) is 3.22. The molecule has 1 N–H and O–H groups in total. The second-order valence-electron chi connectivity index (χ2n) is 6.28. The van der Waals surface area contributed by atoms with Crippen LogP contribution in [0, 0.1) is 11.8 Å². The largest absolute Gasteiger partial charge is 0.454 e. The number of thiophene rings is 1. The predicted octanol–water partition coefficient (Wildman–Crippen LogP) is 1.08. The van der Waals surface area contributed by atoms with Gasteiger partial charge in [0.2, 0.25) is 11.8 Å². The molecule has 2 atom stereocenters. The van der Waals surface area contributed by atoms with Crippen molar-refractivity contribution in [2.45, 2.75) is 32.2 Å². The number of hydrogen-bond donors (Lipinski definition) is 1. The van der Waals surface area contributed by atoms with E-state index in [1.807, 2.05) is 17.5 Å². The Morgan fingerprint density at radius 3 is 2.48 bits per heavy atom. The number of nitrogens with one attached hydrogen (secondary N) is 1. The Morgan fingerprint density at radius 1 is 1.20 bits per heavy atom.